The molecule has 1 amide bonds. The van der Waals surface area contributed by atoms with E-state index in [-0.39, 0.29) is 5.91 Å². The predicted molar refractivity (Wildman–Crippen MR) is 92.9 cm³/mol. The number of halogens is 1. The van der Waals surface area contributed by atoms with E-state index in [9.17, 15) is 4.79 Å². The van der Waals surface area contributed by atoms with Gasteiger partial charge in [-0.15, -0.1) is 0 Å². The van der Waals surface area contributed by atoms with E-state index in [1.165, 1.54) is 6.26 Å². The summed E-state index contributed by atoms with van der Waals surface area (Å²) in [7, 11) is 0. The lowest BCUT2D eigenvalue weighted by Crippen LogP contribution is -2.29. The van der Waals surface area contributed by atoms with Gasteiger partial charge in [-0.2, -0.15) is 0 Å². The molecule has 3 nitrogen and oxygen atoms in total. The number of carbonyl (C=O) groups is 1. The van der Waals surface area contributed by atoms with E-state index in [2.05, 4.69) is 15.9 Å². The fourth-order valence-corrected chi connectivity index (χ4v) is 2.75. The Morgan fingerprint density at radius 2 is 1.43 bits per heavy atom. The summed E-state index contributed by atoms with van der Waals surface area (Å²) in [6, 6.07) is 21.7. The van der Waals surface area contributed by atoms with Gasteiger partial charge < -0.3 is 9.32 Å². The molecule has 0 radical (unpaired) electrons. The van der Waals surface area contributed by atoms with Gasteiger partial charge in [-0.25, -0.2) is 0 Å². The highest BCUT2D eigenvalue weighted by atomic mass is 79.9. The first-order valence-electron chi connectivity index (χ1n) is 7.33. The van der Waals surface area contributed by atoms with Crippen LogP contribution >= 0.6 is 15.9 Å². The molecule has 4 heteroatoms. The molecule has 0 unspecified atom stereocenters. The van der Waals surface area contributed by atoms with Crippen LogP contribution in [0.1, 0.15) is 21.5 Å². The lowest BCUT2D eigenvalue weighted by atomic mass is 10.1. The van der Waals surface area contributed by atoms with Gasteiger partial charge in [-0.3, -0.25) is 4.79 Å². The average molecular weight is 370 g/mol. The zero-order valence-corrected chi connectivity index (χ0v) is 14.1. The Bertz CT molecular complexity index is 727. The van der Waals surface area contributed by atoms with Gasteiger partial charge in [-0.05, 0) is 27.1 Å². The fourth-order valence-electron chi connectivity index (χ4n) is 2.41. The van der Waals surface area contributed by atoms with Crippen LogP contribution in [0.15, 0.2) is 82.1 Å². The van der Waals surface area contributed by atoms with E-state index < -0.39 is 0 Å². The van der Waals surface area contributed by atoms with Crippen molar-refractivity contribution in [1.82, 2.24) is 4.90 Å². The summed E-state index contributed by atoms with van der Waals surface area (Å²) in [4.78, 5) is 14.6. The van der Waals surface area contributed by atoms with Crippen molar-refractivity contribution in [3.63, 3.8) is 0 Å². The second kappa shape index (κ2) is 7.29. The molecule has 23 heavy (non-hydrogen) atoms. The zero-order chi connectivity index (χ0) is 16.1. The second-order valence-electron chi connectivity index (χ2n) is 5.27. The first kappa shape index (κ1) is 15.6. The quantitative estimate of drug-likeness (QED) is 0.641. The Balaban J connectivity index is 1.84. The van der Waals surface area contributed by atoms with Crippen LogP contribution in [0, 0.1) is 0 Å². The third kappa shape index (κ3) is 4.11. The molecule has 0 saturated carbocycles. The Morgan fingerprint density at radius 1 is 0.913 bits per heavy atom. The van der Waals surface area contributed by atoms with Crippen LogP contribution in [0.3, 0.4) is 0 Å². The third-order valence-corrected chi connectivity index (χ3v) is 3.95. The van der Waals surface area contributed by atoms with Crippen molar-refractivity contribution in [2.75, 3.05) is 0 Å². The Morgan fingerprint density at radius 3 is 1.87 bits per heavy atom. The molecule has 3 aromatic rings. The zero-order valence-electron chi connectivity index (χ0n) is 12.5. The maximum atomic E-state index is 12.8. The largest absolute Gasteiger partial charge is 0.457 e. The fraction of sp³-hybridized carbons (Fsp3) is 0.105. The van der Waals surface area contributed by atoms with Gasteiger partial charge >= 0.3 is 0 Å². The highest BCUT2D eigenvalue weighted by Gasteiger charge is 2.18. The minimum absolute atomic E-state index is 0.0489. The van der Waals surface area contributed by atoms with Crippen molar-refractivity contribution in [3.8, 4) is 0 Å². The number of nitrogens with zero attached hydrogens (tertiary/aromatic N) is 1. The molecular formula is C19H16BrNO2. The van der Waals surface area contributed by atoms with Gasteiger partial charge in [-0.1, -0.05) is 60.7 Å². The van der Waals surface area contributed by atoms with E-state index in [1.807, 2.05) is 65.6 Å². The van der Waals surface area contributed by atoms with E-state index in [0.717, 1.165) is 11.1 Å². The van der Waals surface area contributed by atoms with Gasteiger partial charge in [0.15, 0.2) is 4.67 Å². The first-order valence-corrected chi connectivity index (χ1v) is 8.13. The highest BCUT2D eigenvalue weighted by Crippen LogP contribution is 2.19. The van der Waals surface area contributed by atoms with Crippen molar-refractivity contribution in [2.24, 2.45) is 0 Å². The molecule has 1 heterocycles. The Kier molecular flexibility index (Phi) is 4.93. The summed E-state index contributed by atoms with van der Waals surface area (Å²) in [6.45, 7) is 1.11. The van der Waals surface area contributed by atoms with Crippen molar-refractivity contribution in [3.05, 3.63) is 94.4 Å². The molecule has 0 aliphatic rings. The van der Waals surface area contributed by atoms with Crippen LogP contribution in [0.4, 0.5) is 0 Å². The van der Waals surface area contributed by atoms with Crippen LogP contribution in [-0.4, -0.2) is 10.8 Å². The molecular weight excluding hydrogens is 354 g/mol. The lowest BCUT2D eigenvalue weighted by molar-refractivity contribution is 0.0729. The molecule has 3 rings (SSSR count). The van der Waals surface area contributed by atoms with Crippen LogP contribution < -0.4 is 0 Å². The topological polar surface area (TPSA) is 33.5 Å². The lowest BCUT2D eigenvalue weighted by Gasteiger charge is -2.22. The Hall–Kier alpha value is -2.33. The van der Waals surface area contributed by atoms with Crippen LogP contribution in [0.5, 0.6) is 0 Å². The van der Waals surface area contributed by atoms with Crippen molar-refractivity contribution in [2.45, 2.75) is 13.1 Å². The van der Waals surface area contributed by atoms with Gasteiger partial charge in [0.2, 0.25) is 0 Å². The molecule has 0 aliphatic heterocycles. The van der Waals surface area contributed by atoms with Crippen molar-refractivity contribution < 1.29 is 9.21 Å². The smallest absolute Gasteiger partial charge is 0.257 e. The maximum Gasteiger partial charge on any atom is 0.257 e. The molecule has 0 aliphatic carbocycles. The number of benzene rings is 2. The summed E-state index contributed by atoms with van der Waals surface area (Å²) in [5, 5.41) is 0. The molecule has 0 saturated heterocycles. The van der Waals surface area contributed by atoms with Gasteiger partial charge in [0, 0.05) is 19.2 Å². The first-order chi connectivity index (χ1) is 11.2. The summed E-state index contributed by atoms with van der Waals surface area (Å²) < 4.78 is 5.76. The molecule has 0 spiro atoms. The minimum Gasteiger partial charge on any atom is -0.457 e. The summed E-state index contributed by atoms with van der Waals surface area (Å²) in [5.74, 6) is -0.0489. The summed E-state index contributed by atoms with van der Waals surface area (Å²) in [6.07, 6.45) is 1.48. The van der Waals surface area contributed by atoms with Crippen molar-refractivity contribution >= 4 is 21.8 Å². The molecule has 116 valence electrons. The van der Waals surface area contributed by atoms with E-state index in [1.54, 1.807) is 6.07 Å². The second-order valence-corrected chi connectivity index (χ2v) is 6.05. The predicted octanol–water partition coefficient (Wildman–Crippen LogP) is 4.88. The minimum atomic E-state index is -0.0489. The monoisotopic (exact) mass is 369 g/mol. The van der Waals surface area contributed by atoms with Crippen LogP contribution in [0.2, 0.25) is 0 Å². The third-order valence-electron chi connectivity index (χ3n) is 3.53. The Labute approximate surface area is 143 Å². The SMILES string of the molecule is O=C(c1coc(Br)c1)N(Cc1ccccc1)Cc1ccccc1. The number of rotatable bonds is 5. The van der Waals surface area contributed by atoms with E-state index in [0.29, 0.717) is 23.3 Å². The molecule has 1 aromatic heterocycles. The average Bonchev–Trinajstić information content (AvgIpc) is 3.02. The number of furan rings is 1. The molecule has 0 atom stereocenters. The van der Waals surface area contributed by atoms with Crippen LogP contribution in [-0.2, 0) is 13.1 Å². The standard InChI is InChI=1S/C19H16BrNO2/c20-18-11-17(14-23-18)19(22)21(12-15-7-3-1-4-8-15)13-16-9-5-2-6-10-16/h1-11,14H,12-13H2. The van der Waals surface area contributed by atoms with Gasteiger partial charge in [0.1, 0.15) is 6.26 Å². The number of amides is 1. The number of hydrogen-bond donors (Lipinski definition) is 0. The van der Waals surface area contributed by atoms with Gasteiger partial charge in [0.25, 0.3) is 5.91 Å². The van der Waals surface area contributed by atoms with Crippen molar-refractivity contribution in [1.29, 1.82) is 0 Å². The summed E-state index contributed by atoms with van der Waals surface area (Å²) >= 11 is 3.25. The van der Waals surface area contributed by atoms with E-state index in [4.69, 9.17) is 4.42 Å². The highest BCUT2D eigenvalue weighted by molar-refractivity contribution is 9.10. The summed E-state index contributed by atoms with van der Waals surface area (Å²) in [5.41, 5.74) is 2.74. The molecule has 0 bridgehead atoms. The van der Waals surface area contributed by atoms with Gasteiger partial charge in [0.05, 0.1) is 5.56 Å². The molecule has 0 fully saturated rings. The maximum absolute atomic E-state index is 12.8. The molecule has 0 N–H and O–H groups in total. The van der Waals surface area contributed by atoms with Crippen LogP contribution in [0.25, 0.3) is 0 Å². The number of carbonyl (C=O) groups excluding carboxylic acids is 1. The number of hydrogen-bond acceptors (Lipinski definition) is 2. The molecule has 2 aromatic carbocycles. The van der Waals surface area contributed by atoms with E-state index >= 15 is 0 Å². The normalized spacial score (nSPS) is 10.5.